The van der Waals surface area contributed by atoms with Gasteiger partial charge in [0, 0.05) is 41.9 Å². The van der Waals surface area contributed by atoms with Gasteiger partial charge in [-0.3, -0.25) is 9.69 Å². The van der Waals surface area contributed by atoms with Gasteiger partial charge in [0.05, 0.1) is 13.2 Å². The van der Waals surface area contributed by atoms with E-state index in [2.05, 4.69) is 29.3 Å². The van der Waals surface area contributed by atoms with Crippen molar-refractivity contribution in [2.24, 2.45) is 17.8 Å². The van der Waals surface area contributed by atoms with Crippen LogP contribution in [0.2, 0.25) is 0 Å². The molecule has 3 aliphatic rings. The van der Waals surface area contributed by atoms with Crippen LogP contribution in [0.15, 0.2) is 12.1 Å². The molecule has 126 valence electrons. The van der Waals surface area contributed by atoms with E-state index in [1.54, 1.807) is 0 Å². The van der Waals surface area contributed by atoms with Gasteiger partial charge in [-0.2, -0.15) is 0 Å². The summed E-state index contributed by atoms with van der Waals surface area (Å²) in [4.78, 5) is 17.5. The lowest BCUT2D eigenvalue weighted by Crippen LogP contribution is -2.38. The predicted octanol–water partition coefficient (Wildman–Crippen LogP) is 2.42. The van der Waals surface area contributed by atoms with Gasteiger partial charge in [-0.15, -0.1) is 11.3 Å². The van der Waals surface area contributed by atoms with E-state index in [1.165, 1.54) is 9.75 Å². The molecule has 1 saturated carbocycles. The van der Waals surface area contributed by atoms with Crippen molar-refractivity contribution < 1.29 is 9.53 Å². The third kappa shape index (κ3) is 3.78. The lowest BCUT2D eigenvalue weighted by molar-refractivity contribution is -0.124. The Kier molecular flexibility index (Phi) is 4.43. The molecule has 0 radical (unpaired) electrons. The molecule has 0 unspecified atom stereocenters. The van der Waals surface area contributed by atoms with E-state index >= 15 is 0 Å². The molecule has 1 aliphatic carbocycles. The van der Waals surface area contributed by atoms with Gasteiger partial charge in [0.25, 0.3) is 0 Å². The Morgan fingerprint density at radius 1 is 1.35 bits per heavy atom. The fraction of sp³-hybridized carbons (Fsp3) is 0.722. The third-order valence-electron chi connectivity index (χ3n) is 5.40. The maximum atomic E-state index is 12.1. The normalized spacial score (nSPS) is 31.1. The summed E-state index contributed by atoms with van der Waals surface area (Å²) in [6.45, 7) is 7.07. The van der Waals surface area contributed by atoms with Crippen LogP contribution in [0.4, 0.5) is 0 Å². The highest BCUT2D eigenvalue weighted by molar-refractivity contribution is 7.11. The molecule has 1 aromatic rings. The molecule has 4 rings (SSSR count). The zero-order valence-corrected chi connectivity index (χ0v) is 14.6. The SMILES string of the molecule is Cc1ccc(CN2C[C@@H]3COC[C@@H](CC(=O)NC4CC4)[C@@H]3C2)s1. The number of fused-ring (bicyclic) bond motifs is 1. The summed E-state index contributed by atoms with van der Waals surface area (Å²) in [5, 5.41) is 3.13. The molecule has 3 atom stereocenters. The molecule has 5 heteroatoms. The Morgan fingerprint density at radius 2 is 2.22 bits per heavy atom. The maximum absolute atomic E-state index is 12.1. The first-order valence-electron chi connectivity index (χ1n) is 8.82. The number of aryl methyl sites for hydroxylation is 1. The molecular formula is C18H26N2O2S. The Bertz CT molecular complexity index is 569. The Balaban J connectivity index is 1.34. The standard InChI is InChI=1S/C18H26N2O2S/c1-12-2-5-16(23-12)8-20-7-14-11-22-10-13(17(14)9-20)6-18(21)19-15-3-4-15/h2,5,13-15,17H,3-4,6-11H2,1H3,(H,19,21)/t13-,14-,17+/m1/s1. The van der Waals surface area contributed by atoms with Crippen molar-refractivity contribution in [2.45, 2.75) is 38.8 Å². The second-order valence-corrected chi connectivity index (χ2v) is 8.85. The molecule has 0 bridgehead atoms. The smallest absolute Gasteiger partial charge is 0.220 e. The van der Waals surface area contributed by atoms with E-state index in [0.717, 1.165) is 45.7 Å². The van der Waals surface area contributed by atoms with Crippen molar-refractivity contribution in [3.05, 3.63) is 21.9 Å². The number of thiophene rings is 1. The molecule has 2 saturated heterocycles. The van der Waals surface area contributed by atoms with Crippen LogP contribution in [0.1, 0.15) is 29.0 Å². The van der Waals surface area contributed by atoms with Crippen LogP contribution < -0.4 is 5.32 Å². The summed E-state index contributed by atoms with van der Waals surface area (Å²) in [6.07, 6.45) is 2.96. The molecule has 1 aromatic heterocycles. The van der Waals surface area contributed by atoms with Crippen LogP contribution in [0, 0.1) is 24.7 Å². The first-order valence-corrected chi connectivity index (χ1v) is 9.64. The molecule has 4 nitrogen and oxygen atoms in total. The zero-order valence-electron chi connectivity index (χ0n) is 13.8. The molecule has 3 heterocycles. The molecular weight excluding hydrogens is 308 g/mol. The summed E-state index contributed by atoms with van der Waals surface area (Å²) in [7, 11) is 0. The van der Waals surface area contributed by atoms with Crippen LogP contribution in [0.3, 0.4) is 0 Å². The number of carbonyl (C=O) groups excluding carboxylic acids is 1. The van der Waals surface area contributed by atoms with Gasteiger partial charge in [0.15, 0.2) is 0 Å². The second kappa shape index (κ2) is 6.54. The highest BCUT2D eigenvalue weighted by Crippen LogP contribution is 2.37. The quantitative estimate of drug-likeness (QED) is 0.899. The predicted molar refractivity (Wildman–Crippen MR) is 91.4 cm³/mol. The maximum Gasteiger partial charge on any atom is 0.220 e. The van der Waals surface area contributed by atoms with E-state index in [1.807, 2.05) is 11.3 Å². The van der Waals surface area contributed by atoms with Crippen molar-refractivity contribution in [1.82, 2.24) is 10.2 Å². The highest BCUT2D eigenvalue weighted by Gasteiger charge is 2.41. The van der Waals surface area contributed by atoms with Crippen molar-refractivity contribution in [2.75, 3.05) is 26.3 Å². The topological polar surface area (TPSA) is 41.6 Å². The van der Waals surface area contributed by atoms with E-state index in [4.69, 9.17) is 4.74 Å². The highest BCUT2D eigenvalue weighted by atomic mass is 32.1. The molecule has 0 aromatic carbocycles. The van der Waals surface area contributed by atoms with Crippen LogP contribution in [0.5, 0.6) is 0 Å². The molecule has 0 spiro atoms. The number of ether oxygens (including phenoxy) is 1. The average Bonchev–Trinajstić information content (AvgIpc) is 3.06. The lowest BCUT2D eigenvalue weighted by atomic mass is 9.81. The summed E-state index contributed by atoms with van der Waals surface area (Å²) >= 11 is 1.90. The monoisotopic (exact) mass is 334 g/mol. The number of likely N-dealkylation sites (tertiary alicyclic amines) is 1. The van der Waals surface area contributed by atoms with E-state index in [9.17, 15) is 4.79 Å². The Morgan fingerprint density at radius 3 is 2.96 bits per heavy atom. The minimum absolute atomic E-state index is 0.231. The number of hydrogen-bond acceptors (Lipinski definition) is 4. The van der Waals surface area contributed by atoms with Crippen LogP contribution in [-0.4, -0.2) is 43.2 Å². The summed E-state index contributed by atoms with van der Waals surface area (Å²) in [6, 6.07) is 4.92. The van der Waals surface area contributed by atoms with Gasteiger partial charge in [0.1, 0.15) is 0 Å². The second-order valence-electron chi connectivity index (χ2n) is 7.47. The lowest BCUT2D eigenvalue weighted by Gasteiger charge is -2.32. The molecule has 23 heavy (non-hydrogen) atoms. The van der Waals surface area contributed by atoms with Crippen LogP contribution in [0.25, 0.3) is 0 Å². The summed E-state index contributed by atoms with van der Waals surface area (Å²) in [5.74, 6) is 1.84. The zero-order chi connectivity index (χ0) is 15.8. The van der Waals surface area contributed by atoms with Crippen molar-refractivity contribution in [3.8, 4) is 0 Å². The van der Waals surface area contributed by atoms with Gasteiger partial charge in [-0.05, 0) is 49.7 Å². The first-order chi connectivity index (χ1) is 11.2. The number of nitrogens with one attached hydrogen (secondary N) is 1. The average molecular weight is 334 g/mol. The van der Waals surface area contributed by atoms with E-state index in [0.29, 0.717) is 30.2 Å². The van der Waals surface area contributed by atoms with Crippen molar-refractivity contribution in [3.63, 3.8) is 0 Å². The van der Waals surface area contributed by atoms with Gasteiger partial charge in [0.2, 0.25) is 5.91 Å². The number of rotatable bonds is 5. The van der Waals surface area contributed by atoms with Crippen LogP contribution >= 0.6 is 11.3 Å². The minimum Gasteiger partial charge on any atom is -0.381 e. The fourth-order valence-corrected chi connectivity index (χ4v) is 5.01. The van der Waals surface area contributed by atoms with Crippen LogP contribution in [-0.2, 0) is 16.1 Å². The van der Waals surface area contributed by atoms with Gasteiger partial charge >= 0.3 is 0 Å². The van der Waals surface area contributed by atoms with E-state index < -0.39 is 0 Å². The van der Waals surface area contributed by atoms with Gasteiger partial charge < -0.3 is 10.1 Å². The minimum atomic E-state index is 0.231. The number of carbonyl (C=O) groups is 1. The summed E-state index contributed by atoms with van der Waals surface area (Å²) < 4.78 is 5.82. The van der Waals surface area contributed by atoms with E-state index in [-0.39, 0.29) is 5.91 Å². The largest absolute Gasteiger partial charge is 0.381 e. The van der Waals surface area contributed by atoms with Gasteiger partial charge in [-0.1, -0.05) is 0 Å². The summed E-state index contributed by atoms with van der Waals surface area (Å²) in [5.41, 5.74) is 0. The van der Waals surface area contributed by atoms with Crippen molar-refractivity contribution in [1.29, 1.82) is 0 Å². The molecule has 2 aliphatic heterocycles. The Hall–Kier alpha value is -0.910. The number of hydrogen-bond donors (Lipinski definition) is 1. The van der Waals surface area contributed by atoms with Gasteiger partial charge in [-0.25, -0.2) is 0 Å². The first kappa shape index (κ1) is 15.6. The third-order valence-corrected chi connectivity index (χ3v) is 6.39. The molecule has 3 fully saturated rings. The number of amides is 1. The molecule has 1 amide bonds. The van der Waals surface area contributed by atoms with Crippen molar-refractivity contribution >= 4 is 17.2 Å². The number of nitrogens with zero attached hydrogens (tertiary/aromatic N) is 1. The Labute approximate surface area is 142 Å². The molecule has 1 N–H and O–H groups in total. The fourth-order valence-electron chi connectivity index (χ4n) is 4.08.